The molecule has 0 saturated heterocycles. The average Bonchev–Trinajstić information content (AvgIpc) is 3.37. The van der Waals surface area contributed by atoms with Crippen LogP contribution in [0.1, 0.15) is 50.7 Å². The second-order valence-electron chi connectivity index (χ2n) is 6.59. The van der Waals surface area contributed by atoms with E-state index in [0.717, 1.165) is 0 Å². The minimum absolute atomic E-state index is 0. The summed E-state index contributed by atoms with van der Waals surface area (Å²) in [6.07, 6.45) is 7.75. The minimum Gasteiger partial charge on any atom is -0.741 e. The van der Waals surface area contributed by atoms with Crippen LogP contribution in [-0.4, -0.2) is 37.0 Å². The van der Waals surface area contributed by atoms with Crippen LogP contribution in [0, 0.1) is 0 Å². The third-order valence-corrected chi connectivity index (χ3v) is 4.80. The van der Waals surface area contributed by atoms with Crippen LogP contribution in [0.15, 0.2) is 48.5 Å². The van der Waals surface area contributed by atoms with E-state index >= 15 is 0 Å². The SMILES string of the molecule is CCCC[c-]1cccc1.CCCC[c-]1cccc1.O=S(=O)([O-])C(F)(F)F.O=S(=O)([O-])C(F)(F)F.[Zr+4]. The van der Waals surface area contributed by atoms with Crippen molar-refractivity contribution in [2.75, 3.05) is 0 Å². The van der Waals surface area contributed by atoms with Gasteiger partial charge in [-0.3, -0.25) is 0 Å². The molecule has 0 aliphatic heterocycles. The van der Waals surface area contributed by atoms with Gasteiger partial charge in [0.1, 0.15) is 0 Å². The molecule has 0 N–H and O–H groups in total. The predicted octanol–water partition coefficient (Wildman–Crippen LogP) is 5.60. The van der Waals surface area contributed by atoms with Gasteiger partial charge in [-0.25, -0.2) is 41.1 Å². The smallest absolute Gasteiger partial charge is 0.741 e. The third-order valence-electron chi connectivity index (χ3n) is 3.67. The van der Waals surface area contributed by atoms with Crippen molar-refractivity contribution in [2.45, 2.75) is 63.4 Å². The fourth-order valence-electron chi connectivity index (χ4n) is 1.92. The quantitative estimate of drug-likeness (QED) is 0.178. The van der Waals surface area contributed by atoms with E-state index in [1.807, 2.05) is 0 Å². The number of hydrogen-bond acceptors (Lipinski definition) is 6. The van der Waals surface area contributed by atoms with E-state index in [2.05, 4.69) is 62.4 Å². The van der Waals surface area contributed by atoms with Crippen LogP contribution in [0.2, 0.25) is 0 Å². The molecule has 0 fully saturated rings. The van der Waals surface area contributed by atoms with E-state index < -0.39 is 31.3 Å². The summed E-state index contributed by atoms with van der Waals surface area (Å²) in [5.74, 6) is 0. The summed E-state index contributed by atoms with van der Waals surface area (Å²) in [5, 5.41) is 0. The molecule has 0 heterocycles. The summed E-state index contributed by atoms with van der Waals surface area (Å²) in [7, 11) is -12.2. The Morgan fingerprint density at radius 1 is 0.629 bits per heavy atom. The predicted molar refractivity (Wildman–Crippen MR) is 113 cm³/mol. The molecule has 0 saturated carbocycles. The Kier molecular flexibility index (Phi) is 20.1. The maximum absolute atomic E-state index is 10.7. The Bertz CT molecular complexity index is 873. The van der Waals surface area contributed by atoms with Crippen molar-refractivity contribution < 1.29 is 78.5 Å². The van der Waals surface area contributed by atoms with E-state index in [9.17, 15) is 26.3 Å². The van der Waals surface area contributed by atoms with Crippen LogP contribution in [0.4, 0.5) is 26.3 Å². The summed E-state index contributed by atoms with van der Waals surface area (Å²) >= 11 is 0. The van der Waals surface area contributed by atoms with Gasteiger partial charge in [0.15, 0.2) is 20.2 Å². The van der Waals surface area contributed by atoms with Gasteiger partial charge in [-0.1, -0.05) is 52.4 Å². The molecule has 2 aromatic rings. The zero-order valence-corrected chi connectivity index (χ0v) is 23.0. The molecule has 2 aromatic carbocycles. The van der Waals surface area contributed by atoms with E-state index in [1.54, 1.807) is 0 Å². The van der Waals surface area contributed by atoms with Crippen molar-refractivity contribution in [1.82, 2.24) is 0 Å². The van der Waals surface area contributed by atoms with E-state index in [-0.39, 0.29) is 26.2 Å². The van der Waals surface area contributed by atoms with Gasteiger partial charge < -0.3 is 9.11 Å². The molecular formula is C20H26F6O6S2Zr. The van der Waals surface area contributed by atoms with Gasteiger partial charge in [0.2, 0.25) is 0 Å². The Morgan fingerprint density at radius 2 is 0.829 bits per heavy atom. The van der Waals surface area contributed by atoms with Crippen molar-refractivity contribution >= 4 is 20.2 Å². The number of alkyl halides is 6. The monoisotopic (exact) mass is 630 g/mol. The molecule has 15 heteroatoms. The number of halogens is 6. The molecule has 0 unspecified atom stereocenters. The van der Waals surface area contributed by atoms with Gasteiger partial charge in [-0.15, -0.1) is 0 Å². The van der Waals surface area contributed by atoms with E-state index in [4.69, 9.17) is 25.9 Å². The summed E-state index contributed by atoms with van der Waals surface area (Å²) in [6, 6.07) is 17.2. The molecular weight excluding hydrogens is 606 g/mol. The van der Waals surface area contributed by atoms with Crippen LogP contribution < -0.4 is 0 Å². The number of rotatable bonds is 6. The summed E-state index contributed by atoms with van der Waals surface area (Å²) in [6.45, 7) is 4.45. The molecule has 6 nitrogen and oxygen atoms in total. The molecule has 0 aliphatic carbocycles. The Hall–Kier alpha value is -1.02. The molecule has 2 rings (SSSR count). The fourth-order valence-corrected chi connectivity index (χ4v) is 1.92. The van der Waals surface area contributed by atoms with Crippen molar-refractivity contribution in [3.8, 4) is 0 Å². The summed E-state index contributed by atoms with van der Waals surface area (Å²) in [4.78, 5) is 0. The van der Waals surface area contributed by atoms with Gasteiger partial charge in [0.05, 0.1) is 0 Å². The van der Waals surface area contributed by atoms with Crippen molar-refractivity contribution in [3.63, 3.8) is 0 Å². The van der Waals surface area contributed by atoms with Gasteiger partial charge in [0, 0.05) is 0 Å². The second-order valence-corrected chi connectivity index (χ2v) is 9.34. The van der Waals surface area contributed by atoms with Gasteiger partial charge >= 0.3 is 37.2 Å². The molecule has 0 atom stereocenters. The van der Waals surface area contributed by atoms with Crippen molar-refractivity contribution in [2.24, 2.45) is 0 Å². The fraction of sp³-hybridized carbons (Fsp3) is 0.500. The first-order valence-electron chi connectivity index (χ1n) is 9.82. The Balaban J connectivity index is -0.000000387. The Morgan fingerprint density at radius 3 is 0.971 bits per heavy atom. The normalized spacial score (nSPS) is 11.5. The number of unbranched alkanes of at least 4 members (excludes halogenated alkanes) is 2. The maximum atomic E-state index is 10.7. The van der Waals surface area contributed by atoms with Crippen LogP contribution in [-0.2, 0) is 59.3 Å². The Labute approximate surface area is 221 Å². The van der Waals surface area contributed by atoms with Gasteiger partial charge in [-0.2, -0.15) is 61.7 Å². The summed E-state index contributed by atoms with van der Waals surface area (Å²) in [5.41, 5.74) is -8.33. The van der Waals surface area contributed by atoms with Crippen molar-refractivity contribution in [3.05, 3.63) is 59.7 Å². The molecule has 0 spiro atoms. The van der Waals surface area contributed by atoms with Crippen LogP contribution >= 0.6 is 0 Å². The second kappa shape index (κ2) is 18.3. The van der Waals surface area contributed by atoms with Crippen LogP contribution in [0.3, 0.4) is 0 Å². The molecule has 200 valence electrons. The van der Waals surface area contributed by atoms with Crippen LogP contribution in [0.5, 0.6) is 0 Å². The van der Waals surface area contributed by atoms with Gasteiger partial charge in [0.25, 0.3) is 0 Å². The molecule has 0 radical (unpaired) electrons. The maximum Gasteiger partial charge on any atom is 4.00 e. The standard InChI is InChI=1S/2C9H13.2CHF3O3S.Zr/c2*1-2-3-6-9-7-4-5-8-9;2*2-1(3,4)8(5,6)7;/h2*4-5,7-8H,2-3,6H2,1H3;2*(H,5,6,7);/q2*-1;;;+4/p-2. The topological polar surface area (TPSA) is 114 Å². The first-order valence-corrected chi connectivity index (χ1v) is 12.6. The van der Waals surface area contributed by atoms with Crippen LogP contribution in [0.25, 0.3) is 0 Å². The molecule has 35 heavy (non-hydrogen) atoms. The number of aryl methyl sites for hydroxylation is 2. The van der Waals surface area contributed by atoms with Gasteiger partial charge in [-0.05, 0) is 0 Å². The first kappa shape index (κ1) is 38.5. The molecule has 0 aliphatic rings. The summed E-state index contributed by atoms with van der Waals surface area (Å²) < 4.78 is 118. The zero-order chi connectivity index (χ0) is 27.1. The third kappa shape index (κ3) is 20.8. The molecule has 0 aromatic heterocycles. The largest absolute Gasteiger partial charge is 4.00 e. The molecule has 0 amide bonds. The molecule has 0 bridgehead atoms. The zero-order valence-electron chi connectivity index (χ0n) is 18.9. The van der Waals surface area contributed by atoms with Crippen molar-refractivity contribution in [1.29, 1.82) is 0 Å². The first-order chi connectivity index (χ1) is 15.4. The van der Waals surface area contributed by atoms with E-state index in [1.165, 1.54) is 49.7 Å². The number of hydrogen-bond donors (Lipinski definition) is 0. The minimum atomic E-state index is -6.09. The average molecular weight is 632 g/mol. The van der Waals surface area contributed by atoms with E-state index in [0.29, 0.717) is 0 Å².